The molecule has 0 unspecified atom stereocenters. The van der Waals surface area contributed by atoms with E-state index in [1.165, 1.54) is 5.56 Å². The van der Waals surface area contributed by atoms with E-state index in [2.05, 4.69) is 11.1 Å². The van der Waals surface area contributed by atoms with Crippen molar-refractivity contribution in [3.8, 4) is 17.2 Å². The second-order valence-electron chi connectivity index (χ2n) is 8.47. The summed E-state index contributed by atoms with van der Waals surface area (Å²) < 4.78 is 11.8. The van der Waals surface area contributed by atoms with E-state index in [1.807, 2.05) is 63.2 Å². The summed E-state index contributed by atoms with van der Waals surface area (Å²) in [5.41, 5.74) is 3.42. The fraction of sp³-hybridized carbons (Fsp3) is 0.360. The predicted molar refractivity (Wildman–Crippen MR) is 115 cm³/mol. The third-order valence-electron chi connectivity index (χ3n) is 6.14. The first-order valence-electron chi connectivity index (χ1n) is 10.4. The summed E-state index contributed by atoms with van der Waals surface area (Å²) in [7, 11) is 0. The quantitative estimate of drug-likeness (QED) is 0.569. The van der Waals surface area contributed by atoms with Crippen LogP contribution in [0.25, 0.3) is 11.5 Å². The van der Waals surface area contributed by atoms with Gasteiger partial charge in [0, 0.05) is 17.9 Å². The van der Waals surface area contributed by atoms with Gasteiger partial charge < -0.3 is 14.3 Å². The summed E-state index contributed by atoms with van der Waals surface area (Å²) in [5.74, 6) is 1.54. The van der Waals surface area contributed by atoms with E-state index < -0.39 is 11.4 Å². The Kier molecular flexibility index (Phi) is 5.37. The third-order valence-corrected chi connectivity index (χ3v) is 6.14. The van der Waals surface area contributed by atoms with Crippen LogP contribution in [0.2, 0.25) is 0 Å². The van der Waals surface area contributed by atoms with Gasteiger partial charge in [0.2, 0.25) is 5.89 Å². The van der Waals surface area contributed by atoms with Crippen molar-refractivity contribution in [1.29, 1.82) is 0 Å². The number of hydrogen-bond acceptors (Lipinski definition) is 4. The summed E-state index contributed by atoms with van der Waals surface area (Å²) in [6.45, 7) is 6.05. The summed E-state index contributed by atoms with van der Waals surface area (Å²) in [5, 5.41) is 9.56. The molecule has 0 fully saturated rings. The van der Waals surface area contributed by atoms with Gasteiger partial charge in [0.15, 0.2) is 0 Å². The number of carboxylic acids is 1. The van der Waals surface area contributed by atoms with Crippen LogP contribution in [0.4, 0.5) is 0 Å². The maximum Gasteiger partial charge on any atom is 0.309 e. The van der Waals surface area contributed by atoms with Crippen molar-refractivity contribution < 1.29 is 19.1 Å². The van der Waals surface area contributed by atoms with Gasteiger partial charge in [-0.3, -0.25) is 4.79 Å². The number of carbonyl (C=O) groups is 1. The number of benzene rings is 2. The largest absolute Gasteiger partial charge is 0.493 e. The van der Waals surface area contributed by atoms with Gasteiger partial charge in [-0.15, -0.1) is 0 Å². The highest BCUT2D eigenvalue weighted by molar-refractivity contribution is 5.75. The van der Waals surface area contributed by atoms with Crippen molar-refractivity contribution in [1.82, 2.24) is 4.98 Å². The van der Waals surface area contributed by atoms with E-state index >= 15 is 0 Å². The second-order valence-corrected chi connectivity index (χ2v) is 8.47. The van der Waals surface area contributed by atoms with Crippen molar-refractivity contribution in [2.45, 2.75) is 46.0 Å². The van der Waals surface area contributed by atoms with E-state index in [1.54, 1.807) is 0 Å². The fourth-order valence-electron chi connectivity index (χ4n) is 4.21. The number of aliphatic carboxylic acids is 1. The highest BCUT2D eigenvalue weighted by Gasteiger charge is 2.41. The van der Waals surface area contributed by atoms with Crippen molar-refractivity contribution in [2.75, 3.05) is 6.61 Å². The van der Waals surface area contributed by atoms with E-state index in [4.69, 9.17) is 9.15 Å². The molecule has 0 aliphatic heterocycles. The molecular weight excluding hydrogens is 378 g/mol. The first kappa shape index (κ1) is 20.2. The number of nitrogens with zero attached hydrogens (tertiary/aromatic N) is 1. The van der Waals surface area contributed by atoms with Gasteiger partial charge in [-0.2, -0.15) is 0 Å². The van der Waals surface area contributed by atoms with Crippen molar-refractivity contribution in [3.63, 3.8) is 0 Å². The number of oxazole rings is 1. The maximum atomic E-state index is 11.6. The summed E-state index contributed by atoms with van der Waals surface area (Å²) in [4.78, 5) is 16.3. The van der Waals surface area contributed by atoms with Crippen molar-refractivity contribution in [3.05, 3.63) is 71.1 Å². The first-order chi connectivity index (χ1) is 14.4. The second kappa shape index (κ2) is 7.98. The number of rotatable bonds is 7. The molecular formula is C25H27NO4. The standard InChI is InChI=1S/C25H27NO4/c1-16-22(26-23(30-16)17-7-5-4-6-8-17)13-14-29-19-10-11-20-18(15-19)9-12-21(20)25(2,3)24(27)28/h4-8,10-11,15,21H,9,12-14H2,1-3H3,(H,27,28)/t21-/m0/s1. The van der Waals surface area contributed by atoms with Gasteiger partial charge in [0.25, 0.3) is 0 Å². The predicted octanol–water partition coefficient (Wildman–Crippen LogP) is 5.41. The SMILES string of the molecule is Cc1oc(-c2ccccc2)nc1CCOc1ccc2c(c1)CC[C@@H]2C(C)(C)C(=O)O. The minimum Gasteiger partial charge on any atom is -0.493 e. The van der Waals surface area contributed by atoms with Crippen LogP contribution in [-0.2, 0) is 17.6 Å². The summed E-state index contributed by atoms with van der Waals surface area (Å²) >= 11 is 0. The zero-order chi connectivity index (χ0) is 21.3. The lowest BCUT2D eigenvalue weighted by Crippen LogP contribution is -2.30. The minimum atomic E-state index is -0.769. The molecule has 1 N–H and O–H groups in total. The average molecular weight is 405 g/mol. The van der Waals surface area contributed by atoms with Crippen LogP contribution >= 0.6 is 0 Å². The number of carboxylic acid groups (broad SMARTS) is 1. The van der Waals surface area contributed by atoms with Crippen LogP contribution in [0.15, 0.2) is 52.9 Å². The zero-order valence-corrected chi connectivity index (χ0v) is 17.6. The van der Waals surface area contributed by atoms with Crippen molar-refractivity contribution >= 4 is 5.97 Å². The molecule has 156 valence electrons. The zero-order valence-electron chi connectivity index (χ0n) is 17.6. The Labute approximate surface area is 176 Å². The van der Waals surface area contributed by atoms with Gasteiger partial charge in [-0.05, 0) is 69.0 Å². The first-order valence-corrected chi connectivity index (χ1v) is 10.4. The molecule has 4 rings (SSSR count). The van der Waals surface area contributed by atoms with Gasteiger partial charge in [-0.25, -0.2) is 4.98 Å². The summed E-state index contributed by atoms with van der Waals surface area (Å²) in [6, 6.07) is 15.9. The molecule has 0 bridgehead atoms. The molecule has 5 heteroatoms. The van der Waals surface area contributed by atoms with Crippen LogP contribution in [-0.4, -0.2) is 22.7 Å². The van der Waals surface area contributed by atoms with Gasteiger partial charge >= 0.3 is 5.97 Å². The van der Waals surface area contributed by atoms with Gasteiger partial charge in [0.05, 0.1) is 17.7 Å². The molecule has 1 atom stereocenters. The lowest BCUT2D eigenvalue weighted by molar-refractivity contribution is -0.148. The lowest BCUT2D eigenvalue weighted by atomic mass is 9.76. The average Bonchev–Trinajstić information content (AvgIpc) is 3.32. The van der Waals surface area contributed by atoms with Gasteiger partial charge in [0.1, 0.15) is 11.5 Å². The molecule has 3 aromatic rings. The molecule has 0 saturated carbocycles. The molecule has 1 aliphatic carbocycles. The number of aryl methyl sites for hydroxylation is 2. The Morgan fingerprint density at radius 3 is 2.73 bits per heavy atom. The summed E-state index contributed by atoms with van der Waals surface area (Å²) in [6.07, 6.45) is 2.41. The van der Waals surface area contributed by atoms with E-state index in [0.29, 0.717) is 18.9 Å². The number of ether oxygens (including phenoxy) is 1. The highest BCUT2D eigenvalue weighted by Crippen LogP contribution is 2.46. The van der Waals surface area contributed by atoms with E-state index in [9.17, 15) is 9.90 Å². The Balaban J connectivity index is 1.40. The van der Waals surface area contributed by atoms with Crippen LogP contribution in [0.1, 0.15) is 48.8 Å². The van der Waals surface area contributed by atoms with Crippen LogP contribution in [0.3, 0.4) is 0 Å². The Bertz CT molecular complexity index is 1050. The molecule has 2 aromatic carbocycles. The monoisotopic (exact) mass is 405 g/mol. The van der Waals surface area contributed by atoms with Crippen LogP contribution in [0.5, 0.6) is 5.75 Å². The Morgan fingerprint density at radius 2 is 2.00 bits per heavy atom. The molecule has 30 heavy (non-hydrogen) atoms. The molecule has 1 heterocycles. The van der Waals surface area contributed by atoms with Crippen molar-refractivity contribution in [2.24, 2.45) is 5.41 Å². The number of aromatic nitrogens is 1. The normalized spacial score (nSPS) is 15.8. The fourth-order valence-corrected chi connectivity index (χ4v) is 4.21. The molecule has 1 aliphatic rings. The molecule has 5 nitrogen and oxygen atoms in total. The smallest absolute Gasteiger partial charge is 0.309 e. The lowest BCUT2D eigenvalue weighted by Gasteiger charge is -2.27. The molecule has 0 amide bonds. The number of hydrogen-bond donors (Lipinski definition) is 1. The Hall–Kier alpha value is -3.08. The molecule has 0 radical (unpaired) electrons. The highest BCUT2D eigenvalue weighted by atomic mass is 16.5. The van der Waals surface area contributed by atoms with Crippen LogP contribution < -0.4 is 4.74 Å². The molecule has 0 spiro atoms. The van der Waals surface area contributed by atoms with Crippen LogP contribution in [0, 0.1) is 12.3 Å². The number of fused-ring (bicyclic) bond motifs is 1. The molecule has 1 aromatic heterocycles. The third kappa shape index (κ3) is 3.84. The Morgan fingerprint density at radius 1 is 1.23 bits per heavy atom. The topological polar surface area (TPSA) is 72.6 Å². The minimum absolute atomic E-state index is 0.0354. The van der Waals surface area contributed by atoms with E-state index in [0.717, 1.165) is 41.2 Å². The maximum absolute atomic E-state index is 11.6. The molecule has 0 saturated heterocycles. The van der Waals surface area contributed by atoms with Gasteiger partial charge in [-0.1, -0.05) is 24.3 Å². The van der Waals surface area contributed by atoms with E-state index in [-0.39, 0.29) is 5.92 Å².